The van der Waals surface area contributed by atoms with Crippen LogP contribution in [0, 0.1) is 0 Å². The Bertz CT molecular complexity index is 647. The molecule has 122 valence electrons. The first-order valence-corrected chi connectivity index (χ1v) is 7.83. The summed E-state index contributed by atoms with van der Waals surface area (Å²) in [6, 6.07) is 15.3. The zero-order valence-corrected chi connectivity index (χ0v) is 14.1. The Morgan fingerprint density at radius 1 is 1.22 bits per heavy atom. The Morgan fingerprint density at radius 2 is 1.96 bits per heavy atom. The van der Waals surface area contributed by atoms with Crippen LogP contribution in [-0.4, -0.2) is 31.5 Å². The average Bonchev–Trinajstić information content (AvgIpc) is 2.56. The molecule has 0 atom stereocenters. The van der Waals surface area contributed by atoms with Crippen molar-refractivity contribution in [2.24, 2.45) is 0 Å². The van der Waals surface area contributed by atoms with Crippen molar-refractivity contribution in [1.29, 1.82) is 0 Å². The molecule has 0 aliphatic heterocycles. The fourth-order valence-electron chi connectivity index (χ4n) is 2.26. The van der Waals surface area contributed by atoms with Crippen LogP contribution < -0.4 is 10.1 Å². The molecule has 2 rings (SSSR count). The van der Waals surface area contributed by atoms with Gasteiger partial charge >= 0.3 is 0 Å². The molecule has 0 bridgehead atoms. The summed E-state index contributed by atoms with van der Waals surface area (Å²) in [5.74, 6) is 0.793. The van der Waals surface area contributed by atoms with E-state index in [9.17, 15) is 4.79 Å². The van der Waals surface area contributed by atoms with Crippen molar-refractivity contribution in [3.8, 4) is 5.75 Å². The molecule has 2 aromatic rings. The van der Waals surface area contributed by atoms with E-state index in [2.05, 4.69) is 5.32 Å². The van der Waals surface area contributed by atoms with E-state index in [0.717, 1.165) is 11.3 Å². The number of carbonyl (C=O) groups is 1. The van der Waals surface area contributed by atoms with Crippen molar-refractivity contribution in [1.82, 2.24) is 4.90 Å². The fourth-order valence-corrected chi connectivity index (χ4v) is 2.43. The first-order valence-electron chi connectivity index (χ1n) is 7.45. The standard InChI is InChI=1S/C18H21ClN2O2/c1-21(13-14-6-4-3-5-7-14)18(22)10-11-20-16-12-15(19)8-9-17(16)23-2/h3-9,12,20H,10-11,13H2,1-2H3. The van der Waals surface area contributed by atoms with Crippen molar-refractivity contribution in [3.05, 3.63) is 59.1 Å². The van der Waals surface area contributed by atoms with E-state index in [1.54, 1.807) is 30.2 Å². The lowest BCUT2D eigenvalue weighted by atomic mass is 10.2. The van der Waals surface area contributed by atoms with Crippen LogP contribution in [0.5, 0.6) is 5.75 Å². The second-order valence-corrected chi connectivity index (χ2v) is 5.69. The molecule has 4 nitrogen and oxygen atoms in total. The van der Waals surface area contributed by atoms with Crippen molar-refractivity contribution in [2.45, 2.75) is 13.0 Å². The lowest BCUT2D eigenvalue weighted by molar-refractivity contribution is -0.130. The van der Waals surface area contributed by atoms with Gasteiger partial charge < -0.3 is 15.0 Å². The van der Waals surface area contributed by atoms with Gasteiger partial charge in [0, 0.05) is 31.6 Å². The predicted octanol–water partition coefficient (Wildman–Crippen LogP) is 3.81. The summed E-state index contributed by atoms with van der Waals surface area (Å²) < 4.78 is 5.27. The number of hydrogen-bond donors (Lipinski definition) is 1. The van der Waals surface area contributed by atoms with Gasteiger partial charge in [0.1, 0.15) is 5.75 Å². The largest absolute Gasteiger partial charge is 0.495 e. The van der Waals surface area contributed by atoms with Gasteiger partial charge in [-0.25, -0.2) is 0 Å². The predicted molar refractivity (Wildman–Crippen MR) is 94.0 cm³/mol. The summed E-state index contributed by atoms with van der Waals surface area (Å²) in [6.45, 7) is 1.13. The molecule has 1 amide bonds. The van der Waals surface area contributed by atoms with E-state index in [4.69, 9.17) is 16.3 Å². The molecular formula is C18H21ClN2O2. The molecule has 2 aromatic carbocycles. The quantitative estimate of drug-likeness (QED) is 0.838. The average molecular weight is 333 g/mol. The van der Waals surface area contributed by atoms with Crippen molar-refractivity contribution >= 4 is 23.2 Å². The number of methoxy groups -OCH3 is 1. The number of nitrogens with one attached hydrogen (secondary N) is 1. The highest BCUT2D eigenvalue weighted by molar-refractivity contribution is 6.30. The Labute approximate surface area is 142 Å². The Balaban J connectivity index is 1.84. The number of nitrogens with zero attached hydrogens (tertiary/aromatic N) is 1. The molecule has 0 heterocycles. The minimum absolute atomic E-state index is 0.0855. The monoisotopic (exact) mass is 332 g/mol. The normalized spacial score (nSPS) is 10.2. The highest BCUT2D eigenvalue weighted by Gasteiger charge is 2.10. The molecule has 0 aliphatic carbocycles. The van der Waals surface area contributed by atoms with E-state index < -0.39 is 0 Å². The molecule has 0 saturated heterocycles. The highest BCUT2D eigenvalue weighted by atomic mass is 35.5. The van der Waals surface area contributed by atoms with Gasteiger partial charge in [-0.3, -0.25) is 4.79 Å². The Kier molecular flexibility index (Phi) is 6.29. The van der Waals surface area contributed by atoms with Gasteiger partial charge in [-0.2, -0.15) is 0 Å². The van der Waals surface area contributed by atoms with Crippen LogP contribution in [0.25, 0.3) is 0 Å². The van der Waals surface area contributed by atoms with Crippen molar-refractivity contribution < 1.29 is 9.53 Å². The SMILES string of the molecule is COc1ccc(Cl)cc1NCCC(=O)N(C)Cc1ccccc1. The van der Waals surface area contributed by atoms with E-state index in [0.29, 0.717) is 30.3 Å². The molecular weight excluding hydrogens is 312 g/mol. The molecule has 5 heteroatoms. The number of halogens is 1. The van der Waals surface area contributed by atoms with Crippen molar-refractivity contribution in [3.63, 3.8) is 0 Å². The van der Waals surface area contributed by atoms with E-state index in [1.165, 1.54) is 0 Å². The van der Waals surface area contributed by atoms with Gasteiger partial charge in [-0.1, -0.05) is 41.9 Å². The molecule has 0 saturated carbocycles. The third-order valence-electron chi connectivity index (χ3n) is 3.50. The van der Waals surface area contributed by atoms with Crippen LogP contribution in [0.15, 0.2) is 48.5 Å². The third-order valence-corrected chi connectivity index (χ3v) is 3.74. The summed E-state index contributed by atoms with van der Waals surface area (Å²) in [6.07, 6.45) is 0.402. The van der Waals surface area contributed by atoms with Gasteiger partial charge in [0.25, 0.3) is 0 Å². The Hall–Kier alpha value is -2.20. The molecule has 0 unspecified atom stereocenters. The first-order chi connectivity index (χ1) is 11.1. The lowest BCUT2D eigenvalue weighted by Crippen LogP contribution is -2.27. The van der Waals surface area contributed by atoms with Gasteiger partial charge in [0.15, 0.2) is 0 Å². The number of carbonyl (C=O) groups excluding carboxylic acids is 1. The second kappa shape index (κ2) is 8.44. The molecule has 23 heavy (non-hydrogen) atoms. The number of hydrogen-bond acceptors (Lipinski definition) is 3. The highest BCUT2D eigenvalue weighted by Crippen LogP contribution is 2.27. The van der Waals surface area contributed by atoms with Crippen LogP contribution >= 0.6 is 11.6 Å². The smallest absolute Gasteiger partial charge is 0.224 e. The van der Waals surface area contributed by atoms with Crippen LogP contribution in [0.2, 0.25) is 5.02 Å². The number of ether oxygens (including phenoxy) is 1. The van der Waals surface area contributed by atoms with E-state index >= 15 is 0 Å². The maximum absolute atomic E-state index is 12.2. The molecule has 0 aromatic heterocycles. The van der Waals surface area contributed by atoms with E-state index in [-0.39, 0.29) is 5.91 Å². The zero-order valence-electron chi connectivity index (χ0n) is 13.4. The van der Waals surface area contributed by atoms with Crippen LogP contribution in [0.1, 0.15) is 12.0 Å². The van der Waals surface area contributed by atoms with Gasteiger partial charge in [-0.15, -0.1) is 0 Å². The minimum atomic E-state index is 0.0855. The summed E-state index contributed by atoms with van der Waals surface area (Å²) in [7, 11) is 3.42. The second-order valence-electron chi connectivity index (χ2n) is 5.26. The molecule has 0 fully saturated rings. The van der Waals surface area contributed by atoms with Gasteiger partial charge in [0.2, 0.25) is 5.91 Å². The number of rotatable bonds is 7. The van der Waals surface area contributed by atoms with Gasteiger partial charge in [0.05, 0.1) is 12.8 Å². The minimum Gasteiger partial charge on any atom is -0.495 e. The van der Waals surface area contributed by atoms with Crippen LogP contribution in [-0.2, 0) is 11.3 Å². The topological polar surface area (TPSA) is 41.6 Å². The Morgan fingerprint density at radius 3 is 2.65 bits per heavy atom. The summed E-state index contributed by atoms with van der Waals surface area (Å²) in [5, 5.41) is 3.82. The van der Waals surface area contributed by atoms with Gasteiger partial charge in [-0.05, 0) is 23.8 Å². The fraction of sp³-hybridized carbons (Fsp3) is 0.278. The summed E-state index contributed by atoms with van der Waals surface area (Å²) in [4.78, 5) is 13.9. The molecule has 1 N–H and O–H groups in total. The number of anilines is 1. The van der Waals surface area contributed by atoms with Crippen molar-refractivity contribution in [2.75, 3.05) is 26.0 Å². The number of benzene rings is 2. The third kappa shape index (κ3) is 5.18. The van der Waals surface area contributed by atoms with Crippen LogP contribution in [0.4, 0.5) is 5.69 Å². The molecule has 0 spiro atoms. The first kappa shape index (κ1) is 17.2. The van der Waals surface area contributed by atoms with E-state index in [1.807, 2.05) is 37.4 Å². The maximum Gasteiger partial charge on any atom is 0.224 e. The molecule has 0 aliphatic rings. The summed E-state index contributed by atoms with van der Waals surface area (Å²) >= 11 is 5.99. The van der Waals surface area contributed by atoms with Crippen LogP contribution in [0.3, 0.4) is 0 Å². The lowest BCUT2D eigenvalue weighted by Gasteiger charge is -2.18. The zero-order chi connectivity index (χ0) is 16.7. The maximum atomic E-state index is 12.2. The number of amides is 1. The summed E-state index contributed by atoms with van der Waals surface area (Å²) in [5.41, 5.74) is 1.91. The molecule has 0 radical (unpaired) electrons.